The molecule has 176 valence electrons. The quantitative estimate of drug-likeness (QED) is 0.408. The summed E-state index contributed by atoms with van der Waals surface area (Å²) in [7, 11) is 0. The van der Waals surface area contributed by atoms with Gasteiger partial charge in [0.25, 0.3) is 0 Å². The normalized spacial score (nSPS) is 12.8. The predicted octanol–water partition coefficient (Wildman–Crippen LogP) is -0.108. The van der Waals surface area contributed by atoms with Crippen LogP contribution in [0.15, 0.2) is 54.6 Å². The minimum atomic E-state index is -0.0911. The summed E-state index contributed by atoms with van der Waals surface area (Å²) in [5, 5.41) is 0. The summed E-state index contributed by atoms with van der Waals surface area (Å²) in [6.07, 6.45) is 0. The van der Waals surface area contributed by atoms with Crippen molar-refractivity contribution in [1.82, 2.24) is 0 Å². The summed E-state index contributed by atoms with van der Waals surface area (Å²) in [4.78, 5) is 5.20. The Bertz CT molecular complexity index is 1080. The Hall–Kier alpha value is -1.80. The van der Waals surface area contributed by atoms with Crippen LogP contribution in [0.4, 0.5) is 11.4 Å². The number of halogens is 2. The largest absolute Gasteiger partial charge is 1.00 e. The summed E-state index contributed by atoms with van der Waals surface area (Å²) >= 11 is -0.0911. The molecule has 0 amide bonds. The molecule has 33 heavy (non-hydrogen) atoms. The van der Waals surface area contributed by atoms with Crippen molar-refractivity contribution in [1.29, 1.82) is 0 Å². The Balaban J connectivity index is 0.00000193. The number of hydrogen-bond acceptors (Lipinski definition) is 2. The van der Waals surface area contributed by atoms with Gasteiger partial charge in [0.1, 0.15) is 0 Å². The molecule has 0 bridgehead atoms. The first-order chi connectivity index (χ1) is 14.8. The van der Waals surface area contributed by atoms with Gasteiger partial charge < -0.3 is 24.8 Å². The van der Waals surface area contributed by atoms with Crippen molar-refractivity contribution in [2.75, 3.05) is 22.9 Å². The monoisotopic (exact) mass is 568 g/mol. The summed E-state index contributed by atoms with van der Waals surface area (Å²) in [6, 6.07) is 20.1. The van der Waals surface area contributed by atoms with Crippen LogP contribution in [-0.4, -0.2) is 22.1 Å². The van der Waals surface area contributed by atoms with Crippen LogP contribution >= 0.6 is 0 Å². The maximum Gasteiger partial charge on any atom is -1.00 e. The van der Waals surface area contributed by atoms with Gasteiger partial charge in [0, 0.05) is 0 Å². The molecule has 2 nitrogen and oxygen atoms in total. The Morgan fingerprint density at radius 3 is 1.42 bits per heavy atom. The summed E-state index contributed by atoms with van der Waals surface area (Å²) in [5.74, 6) is 0. The molecule has 0 saturated carbocycles. The second-order valence-corrected chi connectivity index (χ2v) is 10.5. The van der Waals surface area contributed by atoms with Crippen LogP contribution in [0, 0.1) is 41.5 Å². The molecule has 0 spiro atoms. The Morgan fingerprint density at radius 2 is 1.03 bits per heavy atom. The number of aryl methyl sites for hydroxylation is 6. The molecule has 1 aliphatic heterocycles. The number of benzene rings is 3. The zero-order valence-corrected chi connectivity index (χ0v) is 23.4. The predicted molar refractivity (Wildman–Crippen MR) is 133 cm³/mol. The fourth-order valence-corrected chi connectivity index (χ4v) is 7.03. The van der Waals surface area contributed by atoms with Gasteiger partial charge in [-0.3, -0.25) is 0 Å². The van der Waals surface area contributed by atoms with Gasteiger partial charge in [-0.15, -0.1) is 0 Å². The van der Waals surface area contributed by atoms with E-state index in [0.29, 0.717) is 0 Å². The van der Waals surface area contributed by atoms with E-state index in [4.69, 9.17) is 0 Å². The van der Waals surface area contributed by atoms with Crippen molar-refractivity contribution in [3.63, 3.8) is 0 Å². The molecule has 0 aliphatic carbocycles. The van der Waals surface area contributed by atoms with Crippen LogP contribution in [0.5, 0.6) is 0 Å². The first-order valence-electron chi connectivity index (χ1n) is 10.9. The summed E-state index contributed by atoms with van der Waals surface area (Å²) in [6.45, 7) is 15.5. The zero-order valence-electron chi connectivity index (χ0n) is 20.2. The molecule has 1 saturated heterocycles. The van der Waals surface area contributed by atoms with Gasteiger partial charge in [-0.25, -0.2) is 0 Å². The van der Waals surface area contributed by atoms with E-state index < -0.39 is 0 Å². The average molecular weight is 569 g/mol. The van der Waals surface area contributed by atoms with Crippen LogP contribution in [-0.2, 0) is 16.2 Å². The molecule has 3 aromatic rings. The maximum atomic E-state index is 2.60. The third-order valence-corrected chi connectivity index (χ3v) is 8.07. The molecule has 0 atom stereocenters. The fraction of sp³-hybridized carbons (Fsp3) is 0.286. The minimum absolute atomic E-state index is 0. The molecular formula is C28H32Cl2N2Ru. The van der Waals surface area contributed by atoms with E-state index in [1.54, 1.807) is 0 Å². The zero-order chi connectivity index (χ0) is 22.1. The molecule has 4 rings (SSSR count). The van der Waals surface area contributed by atoms with Gasteiger partial charge in [-0.1, -0.05) is 0 Å². The van der Waals surface area contributed by atoms with Gasteiger partial charge in [0.2, 0.25) is 0 Å². The number of hydrogen-bond donors (Lipinski definition) is 0. The molecule has 0 radical (unpaired) electrons. The van der Waals surface area contributed by atoms with E-state index >= 15 is 0 Å². The SMILES string of the molecule is Cc1cc(C)c(N2CCN(c3c(C)cc(C)cc3C)[C]2=[Ru+2]=[CH]c2ccccc2)c(C)c1.[Cl-].[Cl-]. The van der Waals surface area contributed by atoms with Gasteiger partial charge in [0.05, 0.1) is 0 Å². The molecular weight excluding hydrogens is 536 g/mol. The third-order valence-electron chi connectivity index (χ3n) is 5.85. The van der Waals surface area contributed by atoms with Crippen LogP contribution in [0.1, 0.15) is 38.9 Å². The first kappa shape index (κ1) is 27.4. The molecule has 1 aliphatic rings. The number of anilines is 2. The second-order valence-electron chi connectivity index (χ2n) is 8.67. The standard InChI is InChI=1S/C21H26N2.C7H6.2ClH.Ru/c1-14-9-16(3)20(17(4)10-14)22-7-8-23(13-22)21-18(5)11-15(2)12-19(21)6;1-7-5-3-2-4-6-7;;;/h9-12H,7-8H2,1-6H3;1-6H;2*1H;/q;;;;+2/p-2. The molecule has 0 aromatic heterocycles. The molecule has 3 aromatic carbocycles. The first-order valence-corrected chi connectivity index (χ1v) is 12.8. The number of nitrogens with zero attached hydrogens (tertiary/aromatic N) is 2. The van der Waals surface area contributed by atoms with Crippen molar-refractivity contribution in [3.8, 4) is 0 Å². The fourth-order valence-electron chi connectivity index (χ4n) is 4.86. The molecule has 1 fully saturated rings. The molecule has 5 heteroatoms. The van der Waals surface area contributed by atoms with E-state index in [9.17, 15) is 0 Å². The van der Waals surface area contributed by atoms with Gasteiger partial charge in [-0.2, -0.15) is 0 Å². The van der Waals surface area contributed by atoms with E-state index in [0.717, 1.165) is 13.1 Å². The van der Waals surface area contributed by atoms with Crippen molar-refractivity contribution in [3.05, 3.63) is 93.5 Å². The topological polar surface area (TPSA) is 6.48 Å². The Kier molecular flexibility index (Phi) is 9.62. The van der Waals surface area contributed by atoms with Crippen molar-refractivity contribution in [2.45, 2.75) is 41.5 Å². The molecule has 1 heterocycles. The van der Waals surface area contributed by atoms with Crippen LogP contribution in [0.25, 0.3) is 0 Å². The number of rotatable bonds is 3. The third kappa shape index (κ3) is 5.83. The second kappa shape index (κ2) is 11.6. The summed E-state index contributed by atoms with van der Waals surface area (Å²) < 4.78 is 3.91. The van der Waals surface area contributed by atoms with Crippen LogP contribution < -0.4 is 34.6 Å². The minimum Gasteiger partial charge on any atom is -1.00 e. The Morgan fingerprint density at radius 1 is 0.636 bits per heavy atom. The van der Waals surface area contributed by atoms with E-state index in [1.165, 1.54) is 54.7 Å². The average Bonchev–Trinajstić information content (AvgIpc) is 3.08. The molecule has 0 N–H and O–H groups in total. The smallest absolute Gasteiger partial charge is 1.00 e. The van der Waals surface area contributed by atoms with Gasteiger partial charge in [0.15, 0.2) is 0 Å². The van der Waals surface area contributed by atoms with E-state index in [1.807, 2.05) is 0 Å². The van der Waals surface area contributed by atoms with E-state index in [-0.39, 0.29) is 41.0 Å². The summed E-state index contributed by atoms with van der Waals surface area (Å²) in [5.41, 5.74) is 12.3. The Labute approximate surface area is 218 Å². The van der Waals surface area contributed by atoms with Crippen LogP contribution in [0.2, 0.25) is 0 Å². The maximum absolute atomic E-state index is 2.60. The van der Waals surface area contributed by atoms with Crippen molar-refractivity contribution in [2.24, 2.45) is 0 Å². The van der Waals surface area contributed by atoms with Gasteiger partial charge >= 0.3 is 195 Å². The van der Waals surface area contributed by atoms with Crippen molar-refractivity contribution >= 4 is 20.3 Å². The van der Waals surface area contributed by atoms with Crippen LogP contribution in [0.3, 0.4) is 0 Å². The van der Waals surface area contributed by atoms with Crippen molar-refractivity contribution < 1.29 is 41.0 Å². The van der Waals surface area contributed by atoms with E-state index in [2.05, 4.69) is 111 Å². The van der Waals surface area contributed by atoms with Gasteiger partial charge in [-0.05, 0) is 0 Å². The molecule has 0 unspecified atom stereocenters.